The molecule has 6 heteroatoms. The Bertz CT molecular complexity index is 920. The maximum Gasteiger partial charge on any atom is 0.305 e. The van der Waals surface area contributed by atoms with Gasteiger partial charge < -0.3 is 20.3 Å². The maximum atomic E-state index is 12.4. The lowest BCUT2D eigenvalue weighted by Gasteiger charge is -2.20. The number of carbonyl (C=O) groups is 2. The summed E-state index contributed by atoms with van der Waals surface area (Å²) in [4.78, 5) is 24.4. The highest BCUT2D eigenvalue weighted by atomic mass is 16.5. The fourth-order valence-corrected chi connectivity index (χ4v) is 7.92. The average molecular weight is 832 g/mol. The summed E-state index contributed by atoms with van der Waals surface area (Å²) in [5.74, 6) is -0.0935. The first-order valence-corrected chi connectivity index (χ1v) is 26.1. The number of aliphatic hydroxyl groups excluding tert-OH is 2. The predicted molar refractivity (Wildman–Crippen MR) is 255 cm³/mol. The van der Waals surface area contributed by atoms with Crippen molar-refractivity contribution in [2.75, 3.05) is 13.2 Å². The van der Waals surface area contributed by atoms with Gasteiger partial charge in [-0.1, -0.05) is 231 Å². The Morgan fingerprint density at radius 2 is 0.797 bits per heavy atom. The smallest absolute Gasteiger partial charge is 0.305 e. The van der Waals surface area contributed by atoms with Gasteiger partial charge in [-0.3, -0.25) is 9.59 Å². The third-order valence-corrected chi connectivity index (χ3v) is 12.0. The number of allylic oxidation sites excluding steroid dienone is 3. The lowest BCUT2D eigenvalue weighted by Crippen LogP contribution is -2.45. The molecule has 2 atom stereocenters. The minimum Gasteiger partial charge on any atom is -0.466 e. The molecular weight excluding hydrogens is 731 g/mol. The number of esters is 1. The van der Waals surface area contributed by atoms with Crippen molar-refractivity contribution in [1.82, 2.24) is 5.32 Å². The zero-order chi connectivity index (χ0) is 43.0. The van der Waals surface area contributed by atoms with E-state index in [2.05, 4.69) is 31.3 Å². The van der Waals surface area contributed by atoms with E-state index in [0.717, 1.165) is 70.6 Å². The van der Waals surface area contributed by atoms with Crippen LogP contribution in [0.1, 0.15) is 277 Å². The molecule has 1 amide bonds. The van der Waals surface area contributed by atoms with Crippen LogP contribution in [0.25, 0.3) is 0 Å². The van der Waals surface area contributed by atoms with Crippen LogP contribution in [0.2, 0.25) is 0 Å². The molecule has 0 saturated carbocycles. The SMILES string of the molecule is CCCCCCCCC/C=C/C(O)C(CO)NC(=O)CCCCCCCCC/C=C\CCCCCCOC(=O)CCCCCCCCCCCCCCCCCCCC. The van der Waals surface area contributed by atoms with Gasteiger partial charge in [0.2, 0.25) is 5.91 Å². The lowest BCUT2D eigenvalue weighted by molar-refractivity contribution is -0.143. The number of hydrogen-bond acceptors (Lipinski definition) is 5. The molecular formula is C53H101NO5. The highest BCUT2D eigenvalue weighted by Crippen LogP contribution is 2.16. The van der Waals surface area contributed by atoms with Crippen LogP contribution in [0, 0.1) is 0 Å². The van der Waals surface area contributed by atoms with E-state index in [1.54, 1.807) is 6.08 Å². The van der Waals surface area contributed by atoms with Crippen LogP contribution in [0.3, 0.4) is 0 Å². The van der Waals surface area contributed by atoms with E-state index in [4.69, 9.17) is 4.74 Å². The van der Waals surface area contributed by atoms with E-state index < -0.39 is 12.1 Å². The summed E-state index contributed by atoms with van der Waals surface area (Å²) in [5.41, 5.74) is 0. The minimum atomic E-state index is -0.851. The van der Waals surface area contributed by atoms with Crippen LogP contribution in [-0.2, 0) is 14.3 Å². The van der Waals surface area contributed by atoms with Gasteiger partial charge in [-0.2, -0.15) is 0 Å². The molecule has 0 radical (unpaired) electrons. The number of rotatable bonds is 48. The van der Waals surface area contributed by atoms with Gasteiger partial charge in [0, 0.05) is 12.8 Å². The highest BCUT2D eigenvalue weighted by Gasteiger charge is 2.18. The third-order valence-electron chi connectivity index (χ3n) is 12.0. The Labute approximate surface area is 367 Å². The van der Waals surface area contributed by atoms with E-state index in [1.807, 2.05) is 6.08 Å². The molecule has 0 aromatic carbocycles. The second-order valence-corrected chi connectivity index (χ2v) is 17.9. The van der Waals surface area contributed by atoms with Crippen molar-refractivity contribution >= 4 is 11.9 Å². The fraction of sp³-hybridized carbons (Fsp3) is 0.887. The molecule has 2 unspecified atom stereocenters. The number of hydrogen-bond donors (Lipinski definition) is 3. The Hall–Kier alpha value is -1.66. The molecule has 0 heterocycles. The summed E-state index contributed by atoms with van der Waals surface area (Å²) in [5, 5.41) is 22.9. The van der Waals surface area contributed by atoms with Crippen molar-refractivity contribution < 1.29 is 24.5 Å². The van der Waals surface area contributed by atoms with Crippen LogP contribution >= 0.6 is 0 Å². The summed E-state index contributed by atoms with van der Waals surface area (Å²) in [6.45, 7) is 4.84. The van der Waals surface area contributed by atoms with Crippen molar-refractivity contribution in [2.45, 2.75) is 289 Å². The van der Waals surface area contributed by atoms with Crippen molar-refractivity contribution in [2.24, 2.45) is 0 Å². The molecule has 0 bridgehead atoms. The fourth-order valence-electron chi connectivity index (χ4n) is 7.92. The lowest BCUT2D eigenvalue weighted by atomic mass is 10.0. The third kappa shape index (κ3) is 45.7. The number of ether oxygens (including phenoxy) is 1. The van der Waals surface area contributed by atoms with E-state index in [-0.39, 0.29) is 18.5 Å². The topological polar surface area (TPSA) is 95.9 Å². The molecule has 0 aromatic heterocycles. The summed E-state index contributed by atoms with van der Waals surface area (Å²) in [6.07, 6.45) is 57.6. The normalized spacial score (nSPS) is 12.8. The number of unbranched alkanes of at least 4 members (excludes halogenated alkanes) is 35. The molecule has 59 heavy (non-hydrogen) atoms. The van der Waals surface area contributed by atoms with Crippen molar-refractivity contribution in [3.63, 3.8) is 0 Å². The molecule has 0 fully saturated rings. The van der Waals surface area contributed by atoms with E-state index >= 15 is 0 Å². The number of nitrogens with one attached hydrogen (secondary N) is 1. The van der Waals surface area contributed by atoms with E-state index in [0.29, 0.717) is 19.4 Å². The van der Waals surface area contributed by atoms with Gasteiger partial charge in [-0.25, -0.2) is 0 Å². The van der Waals surface area contributed by atoms with Crippen molar-refractivity contribution in [3.05, 3.63) is 24.3 Å². The monoisotopic (exact) mass is 832 g/mol. The van der Waals surface area contributed by atoms with Crippen LogP contribution in [0.4, 0.5) is 0 Å². The summed E-state index contributed by atoms with van der Waals surface area (Å²) in [6, 6.07) is -0.636. The Morgan fingerprint density at radius 3 is 1.20 bits per heavy atom. The van der Waals surface area contributed by atoms with Crippen molar-refractivity contribution in [3.8, 4) is 0 Å². The standard InChI is InChI=1S/C53H101NO5/c1-3-5-7-9-11-13-14-15-16-17-18-21-24-27-31-35-39-43-47-53(58)59-48-44-40-36-32-28-25-22-19-20-23-26-30-34-38-42-46-52(57)54-50(49-55)51(56)45-41-37-33-29-12-10-8-6-4-2/h22,25,41,45,50-51,55-56H,3-21,23-24,26-40,42-44,46-49H2,1-2H3,(H,54,57)/b25-22-,45-41+. The molecule has 0 rings (SSSR count). The molecule has 0 aromatic rings. The van der Waals surface area contributed by atoms with Gasteiger partial charge in [-0.15, -0.1) is 0 Å². The molecule has 0 aliphatic heterocycles. The Morgan fingerprint density at radius 1 is 0.458 bits per heavy atom. The zero-order valence-electron chi connectivity index (χ0n) is 39.5. The first-order valence-electron chi connectivity index (χ1n) is 26.1. The van der Waals surface area contributed by atoms with E-state index in [1.165, 1.54) is 180 Å². The zero-order valence-corrected chi connectivity index (χ0v) is 39.5. The van der Waals surface area contributed by atoms with Gasteiger partial charge in [0.1, 0.15) is 0 Å². The Balaban J connectivity index is 3.44. The minimum absolute atomic E-state index is 0.00753. The van der Waals surface area contributed by atoms with Crippen molar-refractivity contribution in [1.29, 1.82) is 0 Å². The first-order chi connectivity index (χ1) is 29.0. The van der Waals surface area contributed by atoms with Gasteiger partial charge >= 0.3 is 5.97 Å². The molecule has 348 valence electrons. The molecule has 6 nitrogen and oxygen atoms in total. The summed E-state index contributed by atoms with van der Waals surface area (Å²) in [7, 11) is 0. The van der Waals surface area contributed by atoms with Crippen LogP contribution in [0.15, 0.2) is 24.3 Å². The van der Waals surface area contributed by atoms with Gasteiger partial charge in [-0.05, 0) is 57.8 Å². The molecule has 3 N–H and O–H groups in total. The van der Waals surface area contributed by atoms with Gasteiger partial charge in [0.15, 0.2) is 0 Å². The number of carbonyl (C=O) groups excluding carboxylic acids is 2. The molecule has 0 aliphatic carbocycles. The largest absolute Gasteiger partial charge is 0.466 e. The van der Waals surface area contributed by atoms with Crippen LogP contribution < -0.4 is 5.32 Å². The highest BCUT2D eigenvalue weighted by molar-refractivity contribution is 5.76. The van der Waals surface area contributed by atoms with Crippen LogP contribution in [0.5, 0.6) is 0 Å². The summed E-state index contributed by atoms with van der Waals surface area (Å²) < 4.78 is 5.47. The summed E-state index contributed by atoms with van der Waals surface area (Å²) >= 11 is 0. The quantitative estimate of drug-likeness (QED) is 0.0322. The van der Waals surface area contributed by atoms with Crippen LogP contribution in [-0.4, -0.2) is 47.4 Å². The predicted octanol–water partition coefficient (Wildman–Crippen LogP) is 15.5. The molecule has 0 aliphatic rings. The van der Waals surface area contributed by atoms with Gasteiger partial charge in [0.25, 0.3) is 0 Å². The van der Waals surface area contributed by atoms with E-state index in [9.17, 15) is 19.8 Å². The Kier molecular flexibility index (Phi) is 47.6. The van der Waals surface area contributed by atoms with Gasteiger partial charge in [0.05, 0.1) is 25.4 Å². The second-order valence-electron chi connectivity index (χ2n) is 17.9. The molecule has 0 spiro atoms. The average Bonchev–Trinajstić information content (AvgIpc) is 3.24. The maximum absolute atomic E-state index is 12.4. The molecule has 0 saturated heterocycles. The first kappa shape index (κ1) is 57.3. The number of aliphatic hydroxyl groups is 2. The second kappa shape index (κ2) is 49.0. The number of amides is 1.